The Morgan fingerprint density at radius 1 is 1.23 bits per heavy atom. The average Bonchev–Trinajstić information content (AvgIpc) is 2.56. The lowest BCUT2D eigenvalue weighted by Gasteiger charge is -2.21. The van der Waals surface area contributed by atoms with Gasteiger partial charge in [0.25, 0.3) is 0 Å². The molecule has 1 unspecified atom stereocenters. The molecule has 0 fully saturated rings. The molecule has 4 nitrogen and oxygen atoms in total. The van der Waals surface area contributed by atoms with E-state index in [1.54, 1.807) is 11.1 Å². The molecule has 1 aromatic heterocycles. The topological polar surface area (TPSA) is 45.2 Å². The van der Waals surface area contributed by atoms with E-state index in [-0.39, 0.29) is 12.1 Å². The van der Waals surface area contributed by atoms with Gasteiger partial charge in [0.1, 0.15) is 0 Å². The molecule has 0 aliphatic rings. The van der Waals surface area contributed by atoms with Gasteiger partial charge in [-0.25, -0.2) is 4.79 Å². The van der Waals surface area contributed by atoms with E-state index in [9.17, 15) is 4.79 Å². The van der Waals surface area contributed by atoms with Crippen molar-refractivity contribution in [3.63, 3.8) is 0 Å². The smallest absolute Gasteiger partial charge is 0.317 e. The maximum atomic E-state index is 12.0. The molecule has 22 heavy (non-hydrogen) atoms. The van der Waals surface area contributed by atoms with Crippen LogP contribution in [-0.2, 0) is 0 Å². The van der Waals surface area contributed by atoms with Crippen molar-refractivity contribution in [2.24, 2.45) is 0 Å². The summed E-state index contributed by atoms with van der Waals surface area (Å²) in [5, 5.41) is 3.01. The standard InChI is InChI=1S/C18H23N3O/c1-4-12-21(3)18(22)20-14(2)15-7-9-16(10-8-15)17-6-5-11-19-13-17/h5-11,13-14H,4,12H2,1-3H3,(H,20,22). The third-order valence-corrected chi connectivity index (χ3v) is 3.65. The first-order chi connectivity index (χ1) is 10.6. The molecule has 0 saturated heterocycles. The molecule has 1 heterocycles. The van der Waals surface area contributed by atoms with Crippen LogP contribution in [0.2, 0.25) is 0 Å². The lowest BCUT2D eigenvalue weighted by Crippen LogP contribution is -2.38. The number of nitrogens with one attached hydrogen (secondary N) is 1. The van der Waals surface area contributed by atoms with Gasteiger partial charge in [-0.1, -0.05) is 37.3 Å². The van der Waals surface area contributed by atoms with Crippen molar-refractivity contribution in [3.05, 3.63) is 54.4 Å². The van der Waals surface area contributed by atoms with Gasteiger partial charge in [-0.3, -0.25) is 4.98 Å². The van der Waals surface area contributed by atoms with Gasteiger partial charge in [0, 0.05) is 26.0 Å². The van der Waals surface area contributed by atoms with Crippen molar-refractivity contribution >= 4 is 6.03 Å². The molecule has 116 valence electrons. The molecular weight excluding hydrogens is 274 g/mol. The zero-order valence-electron chi connectivity index (χ0n) is 13.4. The van der Waals surface area contributed by atoms with Crippen molar-refractivity contribution in [2.75, 3.05) is 13.6 Å². The highest BCUT2D eigenvalue weighted by atomic mass is 16.2. The van der Waals surface area contributed by atoms with Crippen molar-refractivity contribution in [1.82, 2.24) is 15.2 Å². The van der Waals surface area contributed by atoms with E-state index in [2.05, 4.69) is 29.4 Å². The minimum absolute atomic E-state index is 0.0187. The highest BCUT2D eigenvalue weighted by Gasteiger charge is 2.12. The molecule has 2 rings (SSSR count). The van der Waals surface area contributed by atoms with Crippen LogP contribution in [0.1, 0.15) is 31.9 Å². The van der Waals surface area contributed by atoms with E-state index >= 15 is 0 Å². The van der Waals surface area contributed by atoms with Gasteiger partial charge in [-0.2, -0.15) is 0 Å². The van der Waals surface area contributed by atoms with Gasteiger partial charge < -0.3 is 10.2 Å². The number of rotatable bonds is 5. The summed E-state index contributed by atoms with van der Waals surface area (Å²) >= 11 is 0. The van der Waals surface area contributed by atoms with Gasteiger partial charge in [0.2, 0.25) is 0 Å². The van der Waals surface area contributed by atoms with Crippen molar-refractivity contribution < 1.29 is 4.79 Å². The Morgan fingerprint density at radius 2 is 1.95 bits per heavy atom. The summed E-state index contributed by atoms with van der Waals surface area (Å²) in [4.78, 5) is 17.9. The van der Waals surface area contributed by atoms with Crippen LogP contribution in [0.15, 0.2) is 48.8 Å². The first kappa shape index (κ1) is 16.0. The van der Waals surface area contributed by atoms with Crippen LogP contribution in [0.4, 0.5) is 4.79 Å². The van der Waals surface area contributed by atoms with E-state index in [0.717, 1.165) is 29.7 Å². The summed E-state index contributed by atoms with van der Waals surface area (Å²) < 4.78 is 0. The summed E-state index contributed by atoms with van der Waals surface area (Å²) in [5.41, 5.74) is 3.30. The molecule has 2 amide bonds. The van der Waals surface area contributed by atoms with Crippen LogP contribution in [0.5, 0.6) is 0 Å². The molecule has 0 spiro atoms. The van der Waals surface area contributed by atoms with Crippen LogP contribution in [0.25, 0.3) is 11.1 Å². The van der Waals surface area contributed by atoms with Gasteiger partial charge in [-0.15, -0.1) is 0 Å². The van der Waals surface area contributed by atoms with E-state index < -0.39 is 0 Å². The lowest BCUT2D eigenvalue weighted by atomic mass is 10.0. The van der Waals surface area contributed by atoms with Crippen LogP contribution in [0, 0.1) is 0 Å². The predicted octanol–water partition coefficient (Wildman–Crippen LogP) is 3.86. The molecule has 0 bridgehead atoms. The van der Waals surface area contributed by atoms with Crippen molar-refractivity contribution in [1.29, 1.82) is 0 Å². The zero-order valence-corrected chi connectivity index (χ0v) is 13.4. The van der Waals surface area contributed by atoms with E-state index in [0.29, 0.717) is 0 Å². The Morgan fingerprint density at radius 3 is 2.55 bits per heavy atom. The SMILES string of the molecule is CCCN(C)C(=O)NC(C)c1ccc(-c2cccnc2)cc1. The summed E-state index contributed by atoms with van der Waals surface area (Å²) in [6, 6.07) is 12.1. The maximum absolute atomic E-state index is 12.0. The summed E-state index contributed by atoms with van der Waals surface area (Å²) in [6.45, 7) is 4.82. The molecule has 1 aromatic carbocycles. The number of amides is 2. The third-order valence-electron chi connectivity index (χ3n) is 3.65. The highest BCUT2D eigenvalue weighted by Crippen LogP contribution is 2.21. The summed E-state index contributed by atoms with van der Waals surface area (Å²) in [6.07, 6.45) is 4.57. The Bertz CT molecular complexity index is 595. The molecule has 1 N–H and O–H groups in total. The largest absolute Gasteiger partial charge is 0.331 e. The molecule has 4 heteroatoms. The molecule has 1 atom stereocenters. The van der Waals surface area contributed by atoms with Gasteiger partial charge in [0.05, 0.1) is 6.04 Å². The Balaban J connectivity index is 2.02. The molecule has 0 aliphatic heterocycles. The van der Waals surface area contributed by atoms with E-state index in [1.807, 2.05) is 44.4 Å². The minimum Gasteiger partial charge on any atom is -0.331 e. The molecule has 0 radical (unpaired) electrons. The second-order valence-electron chi connectivity index (χ2n) is 5.46. The highest BCUT2D eigenvalue weighted by molar-refractivity contribution is 5.74. The monoisotopic (exact) mass is 297 g/mol. The number of carbonyl (C=O) groups is 1. The van der Waals surface area contributed by atoms with Crippen molar-refractivity contribution in [3.8, 4) is 11.1 Å². The zero-order chi connectivity index (χ0) is 15.9. The molecule has 2 aromatic rings. The predicted molar refractivity (Wildman–Crippen MR) is 89.5 cm³/mol. The number of urea groups is 1. The number of carbonyl (C=O) groups excluding carboxylic acids is 1. The number of aromatic nitrogens is 1. The van der Waals surface area contributed by atoms with E-state index in [1.165, 1.54) is 0 Å². The van der Waals surface area contributed by atoms with Crippen LogP contribution >= 0.6 is 0 Å². The van der Waals surface area contributed by atoms with Gasteiger partial charge in [-0.05, 0) is 36.1 Å². The average molecular weight is 297 g/mol. The molecule has 0 saturated carbocycles. The fraction of sp³-hybridized carbons (Fsp3) is 0.333. The quantitative estimate of drug-likeness (QED) is 0.910. The summed E-state index contributed by atoms with van der Waals surface area (Å²) in [5.74, 6) is 0. The Hall–Kier alpha value is -2.36. The van der Waals surface area contributed by atoms with Gasteiger partial charge >= 0.3 is 6.03 Å². The van der Waals surface area contributed by atoms with Crippen molar-refractivity contribution in [2.45, 2.75) is 26.3 Å². The first-order valence-electron chi connectivity index (χ1n) is 7.63. The third kappa shape index (κ3) is 4.07. The van der Waals surface area contributed by atoms with Crippen LogP contribution < -0.4 is 5.32 Å². The number of hydrogen-bond donors (Lipinski definition) is 1. The van der Waals surface area contributed by atoms with E-state index in [4.69, 9.17) is 0 Å². The summed E-state index contributed by atoms with van der Waals surface area (Å²) in [7, 11) is 1.82. The Kier molecular flexibility index (Phi) is 5.53. The molecular formula is C18H23N3O. The first-order valence-corrected chi connectivity index (χ1v) is 7.63. The Labute approximate surface area is 132 Å². The normalized spacial score (nSPS) is 11.8. The number of nitrogens with zero attached hydrogens (tertiary/aromatic N) is 2. The second kappa shape index (κ2) is 7.59. The van der Waals surface area contributed by atoms with Crippen LogP contribution in [-0.4, -0.2) is 29.5 Å². The lowest BCUT2D eigenvalue weighted by molar-refractivity contribution is 0.205. The maximum Gasteiger partial charge on any atom is 0.317 e. The minimum atomic E-state index is -0.0364. The fourth-order valence-corrected chi connectivity index (χ4v) is 2.31. The van der Waals surface area contributed by atoms with Crippen LogP contribution in [0.3, 0.4) is 0 Å². The fourth-order valence-electron chi connectivity index (χ4n) is 2.31. The van der Waals surface area contributed by atoms with Gasteiger partial charge in [0.15, 0.2) is 0 Å². The number of pyridine rings is 1. The number of hydrogen-bond acceptors (Lipinski definition) is 2. The second-order valence-corrected chi connectivity index (χ2v) is 5.46. The molecule has 0 aliphatic carbocycles. The number of benzene rings is 1.